The van der Waals surface area contributed by atoms with Gasteiger partial charge in [-0.05, 0) is 70.6 Å². The van der Waals surface area contributed by atoms with E-state index in [4.69, 9.17) is 18.9 Å². The van der Waals surface area contributed by atoms with Crippen LogP contribution in [0.25, 0.3) is 0 Å². The number of unbranched alkanes of at least 4 members (excludes halogenated alkanes) is 12. The summed E-state index contributed by atoms with van der Waals surface area (Å²) in [5.74, 6) is -0.245. The number of carbonyl (C=O) groups is 1. The minimum Gasteiger partial charge on any atom is -0.394 e. The van der Waals surface area contributed by atoms with Crippen LogP contribution in [-0.4, -0.2) is 140 Å². The molecule has 2 aliphatic rings. The van der Waals surface area contributed by atoms with Crippen molar-refractivity contribution in [2.24, 2.45) is 0 Å². The summed E-state index contributed by atoms with van der Waals surface area (Å²) in [6.45, 7) is 2.67. The molecule has 14 nitrogen and oxygen atoms in total. The second-order valence-electron chi connectivity index (χ2n) is 18.3. The second-order valence-corrected chi connectivity index (χ2v) is 18.3. The van der Waals surface area contributed by atoms with Crippen molar-refractivity contribution in [3.8, 4) is 0 Å². The number of amides is 1. The molecule has 14 heteroatoms. The van der Waals surface area contributed by atoms with Crippen LogP contribution >= 0.6 is 0 Å². The monoisotopic (exact) mass is 976 g/mol. The maximum absolute atomic E-state index is 13.2. The van der Waals surface area contributed by atoms with Crippen LogP contribution in [0.2, 0.25) is 0 Å². The second kappa shape index (κ2) is 40.7. The Morgan fingerprint density at radius 2 is 1.00 bits per heavy atom. The molecular formula is C55H93NO13. The van der Waals surface area contributed by atoms with Crippen LogP contribution < -0.4 is 5.32 Å². The van der Waals surface area contributed by atoms with Crippen LogP contribution in [0.15, 0.2) is 85.1 Å². The summed E-state index contributed by atoms with van der Waals surface area (Å²) >= 11 is 0. The minimum absolute atomic E-state index is 0.245. The van der Waals surface area contributed by atoms with Crippen molar-refractivity contribution in [1.82, 2.24) is 5.32 Å². The van der Waals surface area contributed by atoms with Crippen LogP contribution in [0.4, 0.5) is 0 Å². The fourth-order valence-corrected chi connectivity index (χ4v) is 8.10. The number of aliphatic hydroxyl groups excluding tert-OH is 8. The molecule has 2 saturated heterocycles. The van der Waals surface area contributed by atoms with E-state index in [1.54, 1.807) is 0 Å². The van der Waals surface area contributed by atoms with Crippen LogP contribution in [0.5, 0.6) is 0 Å². The van der Waals surface area contributed by atoms with Crippen molar-refractivity contribution in [3.05, 3.63) is 85.1 Å². The predicted octanol–water partition coefficient (Wildman–Crippen LogP) is 7.38. The number of carbonyl (C=O) groups excluding carboxylic acids is 1. The van der Waals surface area contributed by atoms with Gasteiger partial charge in [0.05, 0.1) is 32.0 Å². The van der Waals surface area contributed by atoms with E-state index in [9.17, 15) is 45.6 Å². The zero-order valence-corrected chi connectivity index (χ0v) is 42.0. The zero-order valence-electron chi connectivity index (χ0n) is 42.0. The first kappa shape index (κ1) is 62.3. The van der Waals surface area contributed by atoms with E-state index >= 15 is 0 Å². The summed E-state index contributed by atoms with van der Waals surface area (Å²) in [6.07, 6.45) is 35.9. The van der Waals surface area contributed by atoms with E-state index in [1.165, 1.54) is 38.5 Å². The number of rotatable bonds is 39. The Kier molecular flexibility index (Phi) is 36.8. The maximum Gasteiger partial charge on any atom is 0.220 e. The lowest BCUT2D eigenvalue weighted by atomic mass is 9.97. The standard InChI is InChI=1S/C55H93NO13/c1-3-5-7-9-11-13-15-16-17-18-19-20-21-22-23-24-25-26-27-28-29-31-33-35-37-39-47(60)56-43(44(59)38-36-34-32-30-14-12-10-8-6-4-2)42-66-54-52(65)50(63)53(46(41-58)68-54)69-55-51(64)49(62)48(61)45(40-57)67-55/h5,7,11,13,16-17,19-20,22-23,25-26,28-29,43-46,48-55,57-59,61-65H,3-4,6,8-10,12,14-15,18,21,24,27,30-42H2,1-2H3,(H,56,60)/b7-5-,13-11-,17-16-,20-19-,23-22-,26-25-,29-28-. The molecular weight excluding hydrogens is 883 g/mol. The van der Waals surface area contributed by atoms with Gasteiger partial charge >= 0.3 is 0 Å². The molecule has 0 aliphatic carbocycles. The summed E-state index contributed by atoms with van der Waals surface area (Å²) < 4.78 is 22.7. The highest BCUT2D eigenvalue weighted by atomic mass is 16.7. The Morgan fingerprint density at radius 3 is 1.52 bits per heavy atom. The highest BCUT2D eigenvalue weighted by Gasteiger charge is 2.51. The number of allylic oxidation sites excluding steroid dienone is 14. The van der Waals surface area contributed by atoms with Crippen LogP contribution in [0.1, 0.15) is 162 Å². The molecule has 69 heavy (non-hydrogen) atoms. The van der Waals surface area contributed by atoms with Crippen LogP contribution in [0, 0.1) is 0 Å². The SMILES string of the molecule is CC/C=C\C/C=C\C/C=C\C/C=C\C/C=C\C/C=C\C/C=C\CCCCCC(=O)NC(COC1OC(CO)C(OC2OC(CO)C(O)C(O)C2O)C(O)C1O)C(O)CCCCCCCCCCCC. The Bertz CT molecular complexity index is 1480. The largest absolute Gasteiger partial charge is 0.394 e. The smallest absolute Gasteiger partial charge is 0.220 e. The van der Waals surface area contributed by atoms with Crippen molar-refractivity contribution >= 4 is 5.91 Å². The van der Waals surface area contributed by atoms with E-state index in [0.29, 0.717) is 12.8 Å². The molecule has 12 atom stereocenters. The third-order valence-electron chi connectivity index (χ3n) is 12.4. The number of hydrogen-bond donors (Lipinski definition) is 9. The van der Waals surface area contributed by atoms with Gasteiger partial charge in [0, 0.05) is 6.42 Å². The van der Waals surface area contributed by atoms with E-state index in [-0.39, 0.29) is 18.9 Å². The lowest BCUT2D eigenvalue weighted by Crippen LogP contribution is -2.65. The van der Waals surface area contributed by atoms with Gasteiger partial charge in [0.15, 0.2) is 12.6 Å². The van der Waals surface area contributed by atoms with Gasteiger partial charge in [-0.15, -0.1) is 0 Å². The lowest BCUT2D eigenvalue weighted by molar-refractivity contribution is -0.359. The Balaban J connectivity index is 1.78. The van der Waals surface area contributed by atoms with Gasteiger partial charge in [0.1, 0.15) is 48.8 Å². The average Bonchev–Trinajstić information content (AvgIpc) is 3.35. The number of hydrogen-bond acceptors (Lipinski definition) is 13. The van der Waals surface area contributed by atoms with Crippen molar-refractivity contribution in [2.45, 2.75) is 235 Å². The van der Waals surface area contributed by atoms with Gasteiger partial charge in [-0.2, -0.15) is 0 Å². The molecule has 2 rings (SSSR count). The molecule has 0 spiro atoms. The Morgan fingerprint density at radius 1 is 0.536 bits per heavy atom. The van der Waals surface area contributed by atoms with Crippen molar-refractivity contribution in [1.29, 1.82) is 0 Å². The fraction of sp³-hybridized carbons (Fsp3) is 0.727. The third kappa shape index (κ3) is 27.5. The molecule has 12 unspecified atom stereocenters. The number of ether oxygens (including phenoxy) is 4. The number of aliphatic hydroxyl groups is 8. The molecule has 2 heterocycles. The summed E-state index contributed by atoms with van der Waals surface area (Å²) in [7, 11) is 0. The Labute approximate surface area is 414 Å². The van der Waals surface area contributed by atoms with Crippen molar-refractivity contribution in [3.63, 3.8) is 0 Å². The minimum atomic E-state index is -1.79. The topological polar surface area (TPSA) is 228 Å². The number of nitrogens with one attached hydrogen (secondary N) is 1. The normalized spacial score (nSPS) is 26.9. The summed E-state index contributed by atoms with van der Waals surface area (Å²) in [5.41, 5.74) is 0. The van der Waals surface area contributed by atoms with Crippen LogP contribution in [0.3, 0.4) is 0 Å². The first-order chi connectivity index (χ1) is 33.6. The summed E-state index contributed by atoms with van der Waals surface area (Å²) in [5, 5.41) is 86.8. The first-order valence-electron chi connectivity index (χ1n) is 26.3. The third-order valence-corrected chi connectivity index (χ3v) is 12.4. The van der Waals surface area contributed by atoms with Crippen molar-refractivity contribution < 1.29 is 64.6 Å². The average molecular weight is 976 g/mol. The van der Waals surface area contributed by atoms with E-state index in [0.717, 1.165) is 89.9 Å². The molecule has 0 bridgehead atoms. The fourth-order valence-electron chi connectivity index (χ4n) is 8.10. The first-order valence-corrected chi connectivity index (χ1v) is 26.3. The summed E-state index contributed by atoms with van der Waals surface area (Å²) in [6, 6.07) is -0.850. The quantitative estimate of drug-likeness (QED) is 0.0217. The highest BCUT2D eigenvalue weighted by Crippen LogP contribution is 2.30. The van der Waals surface area contributed by atoms with Crippen molar-refractivity contribution in [2.75, 3.05) is 19.8 Å². The zero-order chi connectivity index (χ0) is 50.3. The maximum atomic E-state index is 13.2. The molecule has 2 fully saturated rings. The molecule has 0 saturated carbocycles. The lowest BCUT2D eigenvalue weighted by Gasteiger charge is -2.46. The van der Waals surface area contributed by atoms with Gasteiger partial charge in [-0.25, -0.2) is 0 Å². The van der Waals surface area contributed by atoms with E-state index in [2.05, 4.69) is 104 Å². The molecule has 1 amide bonds. The van der Waals surface area contributed by atoms with Gasteiger partial charge < -0.3 is 65.1 Å². The molecule has 9 N–H and O–H groups in total. The molecule has 0 aromatic carbocycles. The predicted molar refractivity (Wildman–Crippen MR) is 272 cm³/mol. The van der Waals surface area contributed by atoms with E-state index in [1.807, 2.05) is 0 Å². The molecule has 396 valence electrons. The molecule has 2 aliphatic heterocycles. The molecule has 0 radical (unpaired) electrons. The van der Waals surface area contributed by atoms with E-state index < -0.39 is 86.8 Å². The summed E-state index contributed by atoms with van der Waals surface area (Å²) in [4.78, 5) is 13.2. The molecule has 0 aromatic rings. The van der Waals surface area contributed by atoms with Gasteiger partial charge in [0.25, 0.3) is 0 Å². The van der Waals surface area contributed by atoms with Crippen LogP contribution in [-0.2, 0) is 23.7 Å². The van der Waals surface area contributed by atoms with Gasteiger partial charge in [0.2, 0.25) is 5.91 Å². The highest BCUT2D eigenvalue weighted by molar-refractivity contribution is 5.76. The van der Waals surface area contributed by atoms with Gasteiger partial charge in [-0.3, -0.25) is 4.79 Å². The molecule has 0 aromatic heterocycles. The Hall–Kier alpha value is -2.83. The van der Waals surface area contributed by atoms with Gasteiger partial charge in [-0.1, -0.05) is 170 Å².